The van der Waals surface area contributed by atoms with E-state index in [0.717, 1.165) is 96.4 Å². The number of ketones is 2. The van der Waals surface area contributed by atoms with Crippen LogP contribution in [0.2, 0.25) is 0 Å². The number of nitrogens with two attached hydrogens (primary N) is 2. The maximum absolute atomic E-state index is 12.7. The van der Waals surface area contributed by atoms with Crippen molar-refractivity contribution in [3.63, 3.8) is 0 Å². The van der Waals surface area contributed by atoms with E-state index in [-0.39, 0.29) is 23.4 Å². The third kappa shape index (κ3) is 15.4. The molecule has 0 aliphatic carbocycles. The number of carbonyl (C=O) groups excluding carboxylic acids is 4. The molecular formula is C36H54N4O4. The van der Waals surface area contributed by atoms with Crippen molar-refractivity contribution in [2.24, 2.45) is 11.5 Å². The molecule has 0 atom stereocenters. The van der Waals surface area contributed by atoms with Crippen molar-refractivity contribution in [1.29, 1.82) is 0 Å². The molecule has 0 unspecified atom stereocenters. The number of benzene rings is 2. The molecule has 0 radical (unpaired) electrons. The zero-order valence-corrected chi connectivity index (χ0v) is 26.5. The van der Waals surface area contributed by atoms with Gasteiger partial charge in [-0.2, -0.15) is 0 Å². The minimum Gasteiger partial charge on any atom is -0.352 e. The Hall–Kier alpha value is -3.36. The number of unbranched alkanes of at least 4 members (excludes halogenated alkanes) is 11. The summed E-state index contributed by atoms with van der Waals surface area (Å²) in [5.74, 6) is -0.176. The molecule has 8 heteroatoms. The molecule has 0 aromatic heterocycles. The van der Waals surface area contributed by atoms with Crippen molar-refractivity contribution in [2.75, 3.05) is 26.2 Å². The minimum absolute atomic E-state index is 0.0760. The van der Waals surface area contributed by atoms with Crippen molar-refractivity contribution < 1.29 is 19.2 Å². The molecule has 2 rings (SSSR count). The Balaban J connectivity index is 1.59. The molecule has 242 valence electrons. The van der Waals surface area contributed by atoms with Crippen LogP contribution in [0.25, 0.3) is 0 Å². The summed E-state index contributed by atoms with van der Waals surface area (Å²) < 4.78 is 0. The maximum Gasteiger partial charge on any atom is 0.251 e. The number of amides is 2. The van der Waals surface area contributed by atoms with Crippen LogP contribution in [-0.4, -0.2) is 49.6 Å². The standard InChI is InChI=1S/C36H54N4O4/c37-23-11-5-1-3-9-21-33(41)29-17-15-18-30(27-29)34(42)22-10-4-2-7-13-25-39-35(43)31-19-16-20-32(28-31)36(44)40-26-14-8-6-12-24-38/h15-20,27-28H,1-14,21-26,37-38H2,(H,39,43)(H,40,44). The van der Waals surface area contributed by atoms with E-state index in [1.807, 2.05) is 0 Å². The van der Waals surface area contributed by atoms with Gasteiger partial charge >= 0.3 is 0 Å². The Kier molecular flexibility index (Phi) is 19.3. The van der Waals surface area contributed by atoms with Crippen molar-refractivity contribution in [3.05, 3.63) is 70.8 Å². The topological polar surface area (TPSA) is 144 Å². The molecule has 8 nitrogen and oxygen atoms in total. The van der Waals surface area contributed by atoms with Crippen LogP contribution in [0.1, 0.15) is 144 Å². The van der Waals surface area contributed by atoms with Gasteiger partial charge in [0, 0.05) is 48.2 Å². The van der Waals surface area contributed by atoms with Crippen LogP contribution < -0.4 is 22.1 Å². The van der Waals surface area contributed by atoms with Crippen LogP contribution in [0.3, 0.4) is 0 Å². The smallest absolute Gasteiger partial charge is 0.251 e. The quantitative estimate of drug-likeness (QED) is 0.0763. The summed E-state index contributed by atoms with van der Waals surface area (Å²) in [6.07, 6.45) is 14.7. The first-order valence-electron chi connectivity index (χ1n) is 16.7. The van der Waals surface area contributed by atoms with Gasteiger partial charge in [-0.25, -0.2) is 0 Å². The number of nitrogens with one attached hydrogen (secondary N) is 2. The van der Waals surface area contributed by atoms with Crippen molar-refractivity contribution in [3.8, 4) is 0 Å². The number of Topliss-reactive ketones (excluding diaryl/α,β-unsaturated/α-hetero) is 2. The fourth-order valence-corrected chi connectivity index (χ4v) is 5.09. The normalized spacial score (nSPS) is 10.9. The van der Waals surface area contributed by atoms with Crippen molar-refractivity contribution in [1.82, 2.24) is 10.6 Å². The summed E-state index contributed by atoms with van der Waals surface area (Å²) in [6, 6.07) is 13.9. The number of carbonyl (C=O) groups is 4. The summed E-state index contributed by atoms with van der Waals surface area (Å²) in [6.45, 7) is 2.59. The van der Waals surface area contributed by atoms with Crippen LogP contribution >= 0.6 is 0 Å². The highest BCUT2D eigenvalue weighted by molar-refractivity contribution is 6.01. The lowest BCUT2D eigenvalue weighted by Crippen LogP contribution is -2.26. The molecule has 2 aromatic carbocycles. The third-order valence-corrected chi connectivity index (χ3v) is 7.78. The highest BCUT2D eigenvalue weighted by Crippen LogP contribution is 2.15. The average molecular weight is 607 g/mol. The van der Waals surface area contributed by atoms with E-state index in [1.165, 1.54) is 0 Å². The van der Waals surface area contributed by atoms with Crippen molar-refractivity contribution >= 4 is 23.4 Å². The van der Waals surface area contributed by atoms with Gasteiger partial charge in [-0.05, 0) is 75.9 Å². The second-order valence-electron chi connectivity index (χ2n) is 11.5. The Bertz CT molecular complexity index is 1060. The van der Waals surface area contributed by atoms with Gasteiger partial charge in [-0.3, -0.25) is 19.2 Å². The van der Waals surface area contributed by atoms with E-state index in [0.29, 0.717) is 54.7 Å². The summed E-state index contributed by atoms with van der Waals surface area (Å²) in [5, 5.41) is 5.85. The molecule has 2 aromatic rings. The van der Waals surface area contributed by atoms with Gasteiger partial charge in [0.15, 0.2) is 11.6 Å². The molecule has 0 saturated heterocycles. The summed E-state index contributed by atoms with van der Waals surface area (Å²) in [4.78, 5) is 50.2. The molecule has 0 spiro atoms. The lowest BCUT2D eigenvalue weighted by molar-refractivity contribution is 0.0945. The molecule has 2 amide bonds. The summed E-state index contributed by atoms with van der Waals surface area (Å²) in [5.41, 5.74) is 13.2. The minimum atomic E-state index is -0.185. The zero-order valence-electron chi connectivity index (χ0n) is 26.5. The van der Waals surface area contributed by atoms with Crippen LogP contribution in [0.4, 0.5) is 0 Å². The third-order valence-electron chi connectivity index (χ3n) is 7.78. The molecular weight excluding hydrogens is 552 g/mol. The molecule has 44 heavy (non-hydrogen) atoms. The Morgan fingerprint density at radius 3 is 1.23 bits per heavy atom. The monoisotopic (exact) mass is 606 g/mol. The Morgan fingerprint density at radius 1 is 0.455 bits per heavy atom. The van der Waals surface area contributed by atoms with Gasteiger partial charge in [-0.15, -0.1) is 0 Å². The van der Waals surface area contributed by atoms with Gasteiger partial charge in [0.1, 0.15) is 0 Å². The second kappa shape index (κ2) is 23.1. The summed E-state index contributed by atoms with van der Waals surface area (Å²) >= 11 is 0. The number of hydrogen-bond donors (Lipinski definition) is 4. The fraction of sp³-hybridized carbons (Fsp3) is 0.556. The van der Waals surface area contributed by atoms with E-state index in [4.69, 9.17) is 11.5 Å². The first-order valence-corrected chi connectivity index (χ1v) is 16.7. The van der Waals surface area contributed by atoms with Gasteiger partial charge in [0.25, 0.3) is 11.8 Å². The lowest BCUT2D eigenvalue weighted by Gasteiger charge is -2.08. The van der Waals surface area contributed by atoms with Crippen LogP contribution in [-0.2, 0) is 0 Å². The van der Waals surface area contributed by atoms with Gasteiger partial charge in [-0.1, -0.05) is 75.6 Å². The highest BCUT2D eigenvalue weighted by atomic mass is 16.2. The lowest BCUT2D eigenvalue weighted by atomic mass is 9.98. The van der Waals surface area contributed by atoms with E-state index in [1.54, 1.807) is 48.5 Å². The van der Waals surface area contributed by atoms with Crippen molar-refractivity contribution in [2.45, 2.75) is 103 Å². The first kappa shape index (κ1) is 36.8. The zero-order chi connectivity index (χ0) is 31.8. The molecule has 0 heterocycles. The van der Waals surface area contributed by atoms with Gasteiger partial charge in [0.2, 0.25) is 0 Å². The molecule has 0 saturated carbocycles. The fourth-order valence-electron chi connectivity index (χ4n) is 5.09. The predicted molar refractivity (Wildman–Crippen MR) is 178 cm³/mol. The maximum atomic E-state index is 12.7. The SMILES string of the molecule is NCCCCCCCC(=O)c1cccc(C(=O)CCCCCCCNC(=O)c2cccc(C(=O)NCCCCCCN)c2)c1. The second-order valence-corrected chi connectivity index (χ2v) is 11.5. The largest absolute Gasteiger partial charge is 0.352 e. The average Bonchev–Trinajstić information content (AvgIpc) is 3.05. The summed E-state index contributed by atoms with van der Waals surface area (Å²) in [7, 11) is 0. The molecule has 0 aliphatic rings. The number of rotatable bonds is 25. The Labute approximate surface area is 264 Å². The van der Waals surface area contributed by atoms with E-state index < -0.39 is 0 Å². The van der Waals surface area contributed by atoms with Crippen LogP contribution in [0, 0.1) is 0 Å². The predicted octanol–water partition coefficient (Wildman–Crippen LogP) is 6.37. The Morgan fingerprint density at radius 2 is 0.795 bits per heavy atom. The van der Waals surface area contributed by atoms with E-state index in [9.17, 15) is 19.2 Å². The molecule has 0 fully saturated rings. The van der Waals surface area contributed by atoms with Gasteiger partial charge < -0.3 is 22.1 Å². The van der Waals surface area contributed by atoms with E-state index >= 15 is 0 Å². The number of hydrogen-bond acceptors (Lipinski definition) is 6. The van der Waals surface area contributed by atoms with E-state index in [2.05, 4.69) is 10.6 Å². The molecule has 6 N–H and O–H groups in total. The van der Waals surface area contributed by atoms with Crippen LogP contribution in [0.5, 0.6) is 0 Å². The molecule has 0 aliphatic heterocycles. The first-order chi connectivity index (χ1) is 21.5. The molecule has 0 bridgehead atoms. The highest BCUT2D eigenvalue weighted by Gasteiger charge is 2.12. The van der Waals surface area contributed by atoms with Crippen LogP contribution in [0.15, 0.2) is 48.5 Å². The van der Waals surface area contributed by atoms with Gasteiger partial charge in [0.05, 0.1) is 0 Å².